The second kappa shape index (κ2) is 6.78. The number of benzene rings is 1. The van der Waals surface area contributed by atoms with E-state index in [1.165, 1.54) is 17.4 Å². The first kappa shape index (κ1) is 15.5. The Morgan fingerprint density at radius 3 is 2.74 bits per heavy atom. The summed E-state index contributed by atoms with van der Waals surface area (Å²) < 4.78 is 14.0. The maximum absolute atomic E-state index is 14.0. The van der Waals surface area contributed by atoms with E-state index >= 15 is 0 Å². The third kappa shape index (κ3) is 4.07. The Bertz CT molecular complexity index is 714. The number of carbonyl (C=O) groups is 2. The zero-order valence-electron chi connectivity index (χ0n) is 12.3. The van der Waals surface area contributed by atoms with E-state index in [1.807, 2.05) is 0 Å². The van der Waals surface area contributed by atoms with Gasteiger partial charge in [-0.1, -0.05) is 12.1 Å². The van der Waals surface area contributed by atoms with Crippen LogP contribution in [0.3, 0.4) is 0 Å². The molecule has 1 heterocycles. The topological polar surface area (TPSA) is 70.2 Å². The molecule has 0 radical (unpaired) electrons. The van der Waals surface area contributed by atoms with Gasteiger partial charge >= 0.3 is 0 Å². The van der Waals surface area contributed by atoms with E-state index in [2.05, 4.69) is 16.0 Å². The van der Waals surface area contributed by atoms with Crippen LogP contribution in [-0.2, 0) is 4.79 Å². The molecule has 0 spiro atoms. The van der Waals surface area contributed by atoms with E-state index in [0.717, 1.165) is 12.8 Å². The smallest absolute Gasteiger partial charge is 0.261 e. The third-order valence-electron chi connectivity index (χ3n) is 3.37. The number of nitrogens with one attached hydrogen (secondary N) is 3. The number of thiophene rings is 1. The molecule has 5 nitrogen and oxygen atoms in total. The first-order chi connectivity index (χ1) is 11.1. The predicted octanol–water partition coefficient (Wildman–Crippen LogP) is 2.83. The monoisotopic (exact) mass is 333 g/mol. The largest absolute Gasteiger partial charge is 0.381 e. The lowest BCUT2D eigenvalue weighted by atomic mass is 10.2. The zero-order valence-corrected chi connectivity index (χ0v) is 13.1. The molecule has 7 heteroatoms. The van der Waals surface area contributed by atoms with Gasteiger partial charge in [0.1, 0.15) is 11.5 Å². The van der Waals surface area contributed by atoms with Crippen molar-refractivity contribution in [3.8, 4) is 0 Å². The minimum absolute atomic E-state index is 0.120. The van der Waals surface area contributed by atoms with Crippen LogP contribution in [0.5, 0.6) is 0 Å². The van der Waals surface area contributed by atoms with Gasteiger partial charge in [-0.05, 0) is 36.4 Å². The standard InChI is InChI=1S/C16H16FN3O2S/c17-11-3-1-4-12(19-10-6-7-10)15(11)20-14(21)9-18-16(22)13-5-2-8-23-13/h1-5,8,10,19H,6-7,9H2,(H,18,22)(H,20,21). The number of carbonyl (C=O) groups excluding carboxylic acids is 2. The highest BCUT2D eigenvalue weighted by atomic mass is 32.1. The van der Waals surface area contributed by atoms with Crippen LogP contribution in [0.25, 0.3) is 0 Å². The molecule has 2 aromatic rings. The van der Waals surface area contributed by atoms with Gasteiger partial charge in [0.05, 0.1) is 17.1 Å². The van der Waals surface area contributed by atoms with Crippen molar-refractivity contribution in [3.05, 3.63) is 46.4 Å². The molecule has 3 rings (SSSR count). The van der Waals surface area contributed by atoms with Crippen LogP contribution in [0, 0.1) is 5.82 Å². The minimum atomic E-state index is -0.506. The number of anilines is 2. The molecule has 3 N–H and O–H groups in total. The second-order valence-corrected chi connectivity index (χ2v) is 6.24. The Hall–Kier alpha value is -2.41. The summed E-state index contributed by atoms with van der Waals surface area (Å²) in [6, 6.07) is 8.38. The SMILES string of the molecule is O=C(CNC(=O)c1cccs1)Nc1c(F)cccc1NC1CC1. The van der Waals surface area contributed by atoms with E-state index in [9.17, 15) is 14.0 Å². The molecule has 0 saturated heterocycles. The quantitative estimate of drug-likeness (QED) is 0.761. The molecule has 23 heavy (non-hydrogen) atoms. The second-order valence-electron chi connectivity index (χ2n) is 5.29. The van der Waals surface area contributed by atoms with Crippen molar-refractivity contribution in [3.63, 3.8) is 0 Å². The number of rotatable bonds is 6. The van der Waals surface area contributed by atoms with Crippen molar-refractivity contribution < 1.29 is 14.0 Å². The predicted molar refractivity (Wildman–Crippen MR) is 88.3 cm³/mol. The van der Waals surface area contributed by atoms with E-state index in [0.29, 0.717) is 16.6 Å². The third-order valence-corrected chi connectivity index (χ3v) is 4.24. The number of halogens is 1. The van der Waals surface area contributed by atoms with Gasteiger partial charge in [-0.25, -0.2) is 4.39 Å². The van der Waals surface area contributed by atoms with Crippen LogP contribution in [0.2, 0.25) is 0 Å². The molecule has 1 aliphatic rings. The van der Waals surface area contributed by atoms with Crippen molar-refractivity contribution in [2.75, 3.05) is 17.2 Å². The van der Waals surface area contributed by atoms with Crippen LogP contribution in [0.1, 0.15) is 22.5 Å². The molecule has 120 valence electrons. The average Bonchev–Trinajstić information content (AvgIpc) is 3.17. The summed E-state index contributed by atoms with van der Waals surface area (Å²) in [6.45, 7) is -0.214. The molecule has 1 aromatic carbocycles. The summed E-state index contributed by atoms with van der Waals surface area (Å²) >= 11 is 1.29. The fraction of sp³-hybridized carbons (Fsp3) is 0.250. The first-order valence-corrected chi connectivity index (χ1v) is 8.18. The molecule has 0 aliphatic heterocycles. The van der Waals surface area contributed by atoms with E-state index < -0.39 is 11.7 Å². The maximum Gasteiger partial charge on any atom is 0.261 e. The summed E-state index contributed by atoms with van der Waals surface area (Å²) in [5.41, 5.74) is 0.681. The van der Waals surface area contributed by atoms with Gasteiger partial charge in [-0.3, -0.25) is 9.59 Å². The lowest BCUT2D eigenvalue weighted by molar-refractivity contribution is -0.115. The molecular formula is C16H16FN3O2S. The highest BCUT2D eigenvalue weighted by molar-refractivity contribution is 7.12. The molecule has 0 atom stereocenters. The van der Waals surface area contributed by atoms with Crippen LogP contribution in [0.4, 0.5) is 15.8 Å². The molecule has 1 aliphatic carbocycles. The van der Waals surface area contributed by atoms with Crippen LogP contribution in [0.15, 0.2) is 35.7 Å². The van der Waals surface area contributed by atoms with Crippen LogP contribution >= 0.6 is 11.3 Å². The number of amides is 2. The van der Waals surface area contributed by atoms with Gasteiger partial charge in [0.15, 0.2) is 0 Å². The summed E-state index contributed by atoms with van der Waals surface area (Å²) in [7, 11) is 0. The van der Waals surface area contributed by atoms with Crippen molar-refractivity contribution in [2.45, 2.75) is 18.9 Å². The van der Waals surface area contributed by atoms with Crippen molar-refractivity contribution >= 4 is 34.5 Å². The van der Waals surface area contributed by atoms with E-state index in [1.54, 1.807) is 29.6 Å². The Morgan fingerprint density at radius 2 is 2.04 bits per heavy atom. The molecule has 1 saturated carbocycles. The molecule has 0 unspecified atom stereocenters. The first-order valence-electron chi connectivity index (χ1n) is 7.30. The Labute approximate surface area is 136 Å². The van der Waals surface area contributed by atoms with Crippen LogP contribution in [-0.4, -0.2) is 24.4 Å². The van der Waals surface area contributed by atoms with Crippen LogP contribution < -0.4 is 16.0 Å². The van der Waals surface area contributed by atoms with E-state index in [-0.39, 0.29) is 18.1 Å². The fourth-order valence-corrected chi connectivity index (χ4v) is 2.70. The highest BCUT2D eigenvalue weighted by Crippen LogP contribution is 2.31. The average molecular weight is 333 g/mol. The lowest BCUT2D eigenvalue weighted by Gasteiger charge is -2.13. The maximum atomic E-state index is 14.0. The summed E-state index contributed by atoms with van der Waals surface area (Å²) in [5, 5.41) is 10.00. The van der Waals surface area contributed by atoms with E-state index in [4.69, 9.17) is 0 Å². The normalized spacial score (nSPS) is 13.4. The molecular weight excluding hydrogens is 317 g/mol. The Balaban J connectivity index is 1.60. The number of para-hydroxylation sites is 1. The number of hydrogen-bond donors (Lipinski definition) is 3. The Kier molecular flexibility index (Phi) is 4.57. The fourth-order valence-electron chi connectivity index (χ4n) is 2.06. The van der Waals surface area contributed by atoms with Crippen molar-refractivity contribution in [2.24, 2.45) is 0 Å². The van der Waals surface area contributed by atoms with Gasteiger partial charge in [0.25, 0.3) is 5.91 Å². The van der Waals surface area contributed by atoms with Gasteiger partial charge in [0, 0.05) is 6.04 Å². The zero-order chi connectivity index (χ0) is 16.2. The van der Waals surface area contributed by atoms with Crippen molar-refractivity contribution in [1.82, 2.24) is 5.32 Å². The molecule has 2 amide bonds. The molecule has 1 fully saturated rings. The van der Waals surface area contributed by atoms with Gasteiger partial charge in [0.2, 0.25) is 5.91 Å². The molecule has 0 bridgehead atoms. The summed E-state index contributed by atoms with van der Waals surface area (Å²) in [5.74, 6) is -1.30. The number of hydrogen-bond acceptors (Lipinski definition) is 4. The lowest BCUT2D eigenvalue weighted by Crippen LogP contribution is -2.32. The van der Waals surface area contributed by atoms with Gasteiger partial charge in [-0.15, -0.1) is 11.3 Å². The molecule has 1 aromatic heterocycles. The van der Waals surface area contributed by atoms with Crippen molar-refractivity contribution in [1.29, 1.82) is 0 Å². The summed E-state index contributed by atoms with van der Waals surface area (Å²) in [4.78, 5) is 24.3. The minimum Gasteiger partial charge on any atom is -0.381 e. The summed E-state index contributed by atoms with van der Waals surface area (Å²) in [6.07, 6.45) is 2.08. The van der Waals surface area contributed by atoms with Gasteiger partial charge in [-0.2, -0.15) is 0 Å². The van der Waals surface area contributed by atoms with Gasteiger partial charge < -0.3 is 16.0 Å². The highest BCUT2D eigenvalue weighted by Gasteiger charge is 2.23. The Morgan fingerprint density at radius 1 is 1.22 bits per heavy atom.